The number of aromatic nitrogens is 1. The smallest absolute Gasteiger partial charge is 0.276 e. The third-order valence-corrected chi connectivity index (χ3v) is 4.18. The minimum absolute atomic E-state index is 0. The van der Waals surface area contributed by atoms with E-state index in [1.807, 2.05) is 24.1 Å². The van der Waals surface area contributed by atoms with E-state index in [4.69, 9.17) is 16.1 Å². The molecule has 0 saturated carbocycles. The number of halogens is 2. The number of carbonyl (C=O) groups is 1. The number of nitrogens with zero attached hydrogens (tertiary/aromatic N) is 2. The third-order valence-electron chi connectivity index (χ3n) is 3.92. The summed E-state index contributed by atoms with van der Waals surface area (Å²) in [4.78, 5) is 14.3. The van der Waals surface area contributed by atoms with Gasteiger partial charge in [-0.3, -0.25) is 4.79 Å². The summed E-state index contributed by atoms with van der Waals surface area (Å²) in [5, 5.41) is 7.73. The van der Waals surface area contributed by atoms with E-state index in [-0.39, 0.29) is 18.3 Å². The van der Waals surface area contributed by atoms with Gasteiger partial charge >= 0.3 is 0 Å². The fraction of sp³-hybridized carbons (Fsp3) is 0.375. The standard InChI is InChI=1S/C16H18ClN3O2.ClH/c1-18-9-11-6-7-20(10-11)16(21)14-8-15(22-19-14)12-2-4-13(17)5-3-12;/h2-5,8,11,18H,6-7,9-10H2,1H3;1H. The summed E-state index contributed by atoms with van der Waals surface area (Å²) in [6.45, 7) is 2.47. The lowest BCUT2D eigenvalue weighted by Crippen LogP contribution is -2.30. The van der Waals surface area contributed by atoms with Crippen molar-refractivity contribution in [2.45, 2.75) is 6.42 Å². The number of likely N-dealkylation sites (tertiary alicyclic amines) is 1. The molecule has 0 spiro atoms. The van der Waals surface area contributed by atoms with E-state index >= 15 is 0 Å². The number of hydrogen-bond donors (Lipinski definition) is 1. The molecular weight excluding hydrogens is 337 g/mol. The van der Waals surface area contributed by atoms with E-state index in [0.717, 1.165) is 31.6 Å². The van der Waals surface area contributed by atoms with Crippen LogP contribution in [0.2, 0.25) is 5.02 Å². The molecule has 7 heteroatoms. The second kappa shape index (κ2) is 7.81. The van der Waals surface area contributed by atoms with E-state index in [2.05, 4.69) is 10.5 Å². The quantitative estimate of drug-likeness (QED) is 0.915. The Bertz CT molecular complexity index is 658. The summed E-state index contributed by atoms with van der Waals surface area (Å²) in [6.07, 6.45) is 1.02. The number of rotatable bonds is 4. The monoisotopic (exact) mass is 355 g/mol. The van der Waals surface area contributed by atoms with Crippen molar-refractivity contribution < 1.29 is 9.32 Å². The molecule has 1 unspecified atom stereocenters. The molecule has 1 saturated heterocycles. The van der Waals surface area contributed by atoms with E-state index < -0.39 is 0 Å². The van der Waals surface area contributed by atoms with Crippen LogP contribution in [0.1, 0.15) is 16.9 Å². The number of benzene rings is 1. The maximum Gasteiger partial charge on any atom is 0.276 e. The zero-order chi connectivity index (χ0) is 15.5. The molecule has 2 heterocycles. The lowest BCUT2D eigenvalue weighted by Gasteiger charge is -2.14. The van der Waals surface area contributed by atoms with Gasteiger partial charge in [-0.1, -0.05) is 16.8 Å². The number of nitrogens with one attached hydrogen (secondary N) is 1. The summed E-state index contributed by atoms with van der Waals surface area (Å²) >= 11 is 5.87. The molecule has 1 atom stereocenters. The molecule has 1 aromatic carbocycles. The molecule has 1 N–H and O–H groups in total. The van der Waals surface area contributed by atoms with Crippen LogP contribution in [0.4, 0.5) is 0 Å². The van der Waals surface area contributed by atoms with Gasteiger partial charge in [0.1, 0.15) is 0 Å². The molecular formula is C16H19Cl2N3O2. The Morgan fingerprint density at radius 1 is 1.43 bits per heavy atom. The van der Waals surface area contributed by atoms with Crippen LogP contribution in [0.3, 0.4) is 0 Å². The number of carbonyl (C=O) groups excluding carboxylic acids is 1. The van der Waals surface area contributed by atoms with Gasteiger partial charge in [0.25, 0.3) is 5.91 Å². The topological polar surface area (TPSA) is 58.4 Å². The minimum atomic E-state index is -0.0671. The Morgan fingerprint density at radius 2 is 2.17 bits per heavy atom. The van der Waals surface area contributed by atoms with Gasteiger partial charge in [-0.05, 0) is 50.2 Å². The summed E-state index contributed by atoms with van der Waals surface area (Å²) in [5.74, 6) is 1.02. The van der Waals surface area contributed by atoms with Crippen molar-refractivity contribution in [3.63, 3.8) is 0 Å². The first-order valence-electron chi connectivity index (χ1n) is 7.34. The minimum Gasteiger partial charge on any atom is -0.355 e. The molecule has 0 bridgehead atoms. The zero-order valence-corrected chi connectivity index (χ0v) is 14.4. The molecule has 23 heavy (non-hydrogen) atoms. The van der Waals surface area contributed by atoms with Crippen molar-refractivity contribution in [2.75, 3.05) is 26.7 Å². The normalized spacial score (nSPS) is 17.1. The van der Waals surface area contributed by atoms with Crippen LogP contribution in [0.5, 0.6) is 0 Å². The van der Waals surface area contributed by atoms with E-state index in [1.54, 1.807) is 18.2 Å². The first-order valence-corrected chi connectivity index (χ1v) is 7.71. The highest BCUT2D eigenvalue weighted by molar-refractivity contribution is 6.30. The van der Waals surface area contributed by atoms with Gasteiger partial charge in [0.05, 0.1) is 0 Å². The second-order valence-electron chi connectivity index (χ2n) is 5.55. The van der Waals surface area contributed by atoms with Crippen molar-refractivity contribution >= 4 is 29.9 Å². The van der Waals surface area contributed by atoms with E-state index in [1.165, 1.54) is 0 Å². The Morgan fingerprint density at radius 3 is 2.87 bits per heavy atom. The average Bonchev–Trinajstić information content (AvgIpc) is 3.17. The highest BCUT2D eigenvalue weighted by Gasteiger charge is 2.28. The van der Waals surface area contributed by atoms with Crippen LogP contribution in [0.25, 0.3) is 11.3 Å². The van der Waals surface area contributed by atoms with Gasteiger partial charge in [0.2, 0.25) is 0 Å². The predicted molar refractivity (Wildman–Crippen MR) is 92.1 cm³/mol. The maximum absolute atomic E-state index is 12.5. The van der Waals surface area contributed by atoms with Gasteiger partial charge in [-0.25, -0.2) is 0 Å². The van der Waals surface area contributed by atoms with Gasteiger partial charge in [0.15, 0.2) is 11.5 Å². The number of hydrogen-bond acceptors (Lipinski definition) is 4. The lowest BCUT2D eigenvalue weighted by atomic mass is 10.1. The first kappa shape index (κ1) is 17.8. The summed E-state index contributed by atoms with van der Waals surface area (Å²) in [5.41, 5.74) is 1.21. The van der Waals surface area contributed by atoms with Crippen LogP contribution < -0.4 is 5.32 Å². The molecule has 1 aliphatic heterocycles. The highest BCUT2D eigenvalue weighted by atomic mass is 35.5. The van der Waals surface area contributed by atoms with Gasteiger partial charge in [-0.15, -0.1) is 12.4 Å². The zero-order valence-electron chi connectivity index (χ0n) is 12.8. The average molecular weight is 356 g/mol. The number of amides is 1. The van der Waals surface area contributed by atoms with Gasteiger partial charge in [-0.2, -0.15) is 0 Å². The van der Waals surface area contributed by atoms with Crippen molar-refractivity contribution in [3.8, 4) is 11.3 Å². The molecule has 5 nitrogen and oxygen atoms in total. The molecule has 124 valence electrons. The Hall–Kier alpha value is -1.56. The van der Waals surface area contributed by atoms with E-state index in [0.29, 0.717) is 22.4 Å². The molecule has 1 fully saturated rings. The van der Waals surface area contributed by atoms with Crippen LogP contribution in [0, 0.1) is 5.92 Å². The molecule has 1 aliphatic rings. The van der Waals surface area contributed by atoms with Crippen LogP contribution in [-0.2, 0) is 0 Å². The van der Waals surface area contributed by atoms with Crippen molar-refractivity contribution in [1.29, 1.82) is 0 Å². The fourth-order valence-electron chi connectivity index (χ4n) is 2.76. The Kier molecular flexibility index (Phi) is 6.04. The van der Waals surface area contributed by atoms with Crippen molar-refractivity contribution in [3.05, 3.63) is 41.0 Å². The molecule has 0 radical (unpaired) electrons. The van der Waals surface area contributed by atoms with Gasteiger partial charge < -0.3 is 14.7 Å². The molecule has 1 amide bonds. The molecule has 1 aromatic heterocycles. The SMILES string of the molecule is CNCC1CCN(C(=O)c2cc(-c3ccc(Cl)cc3)on2)C1.Cl. The predicted octanol–water partition coefficient (Wildman–Crippen LogP) is 3.10. The lowest BCUT2D eigenvalue weighted by molar-refractivity contribution is 0.0777. The summed E-state index contributed by atoms with van der Waals surface area (Å²) in [7, 11) is 1.93. The third kappa shape index (κ3) is 4.05. The van der Waals surface area contributed by atoms with Crippen LogP contribution in [0.15, 0.2) is 34.9 Å². The van der Waals surface area contributed by atoms with Crippen LogP contribution >= 0.6 is 24.0 Å². The maximum atomic E-state index is 12.5. The fourth-order valence-corrected chi connectivity index (χ4v) is 2.89. The molecule has 3 rings (SSSR count). The van der Waals surface area contributed by atoms with Gasteiger partial charge in [0, 0.05) is 29.7 Å². The Balaban J connectivity index is 0.00000192. The highest BCUT2D eigenvalue weighted by Crippen LogP contribution is 2.24. The first-order chi connectivity index (χ1) is 10.7. The Labute approximate surface area is 146 Å². The summed E-state index contributed by atoms with van der Waals surface area (Å²) < 4.78 is 5.29. The van der Waals surface area contributed by atoms with E-state index in [9.17, 15) is 4.79 Å². The molecule has 2 aromatic rings. The summed E-state index contributed by atoms with van der Waals surface area (Å²) in [6, 6.07) is 8.94. The van der Waals surface area contributed by atoms with Crippen LogP contribution in [-0.4, -0.2) is 42.6 Å². The largest absolute Gasteiger partial charge is 0.355 e. The second-order valence-corrected chi connectivity index (χ2v) is 5.98. The van der Waals surface area contributed by atoms with Crippen molar-refractivity contribution in [1.82, 2.24) is 15.4 Å². The van der Waals surface area contributed by atoms with Crippen molar-refractivity contribution in [2.24, 2.45) is 5.92 Å². The molecule has 0 aliphatic carbocycles.